The number of carboxylic acids is 2. The SMILES string of the molecule is CC1CCCCN1CC(C(N)=O)c1c(C(=O)O)c(OCc2ccc(Cl)c(Cl)c2)c(C(=O)O)n1C. The van der Waals surface area contributed by atoms with Gasteiger partial charge in [0.25, 0.3) is 0 Å². The molecule has 0 radical (unpaired) electrons. The largest absolute Gasteiger partial charge is 0.485 e. The number of carboxylic acid groups (broad SMARTS) is 2. The Hall–Kier alpha value is -2.75. The van der Waals surface area contributed by atoms with Crippen molar-refractivity contribution in [1.82, 2.24) is 9.47 Å². The molecule has 1 fully saturated rings. The first kappa shape index (κ1) is 25.9. The second kappa shape index (κ2) is 10.7. The summed E-state index contributed by atoms with van der Waals surface area (Å²) in [6, 6.07) is 4.91. The third-order valence-electron chi connectivity index (χ3n) is 6.21. The van der Waals surface area contributed by atoms with Crippen molar-refractivity contribution >= 4 is 41.0 Å². The zero-order valence-corrected chi connectivity index (χ0v) is 20.4. The standard InChI is InChI=1S/C23H27Cl2N3O6/c1-12-5-3-4-8-28(12)10-14(21(26)29)18-17(22(30)31)20(19(23(32)33)27(18)2)34-11-13-6-7-15(24)16(25)9-13/h6-7,9,12,14H,3-5,8,10-11H2,1-2H3,(H2,26,29)(H,30,31)(H,32,33). The molecule has 1 aromatic carbocycles. The van der Waals surface area contributed by atoms with Gasteiger partial charge >= 0.3 is 11.9 Å². The predicted octanol–water partition coefficient (Wildman–Crippen LogP) is 3.75. The lowest BCUT2D eigenvalue weighted by Crippen LogP contribution is -2.43. The van der Waals surface area contributed by atoms with Crippen LogP contribution in [0.4, 0.5) is 0 Å². The molecule has 4 N–H and O–H groups in total. The Morgan fingerprint density at radius 3 is 2.44 bits per heavy atom. The number of hydrogen-bond acceptors (Lipinski definition) is 5. The number of primary amides is 1. The van der Waals surface area contributed by atoms with Crippen molar-refractivity contribution in [2.75, 3.05) is 13.1 Å². The van der Waals surface area contributed by atoms with E-state index in [-0.39, 0.29) is 41.4 Å². The Balaban J connectivity index is 2.07. The summed E-state index contributed by atoms with van der Waals surface area (Å²) in [5.74, 6) is -4.94. The smallest absolute Gasteiger partial charge is 0.356 e. The van der Waals surface area contributed by atoms with Gasteiger partial charge in [-0.3, -0.25) is 9.69 Å². The number of aromatic carboxylic acids is 2. The zero-order valence-electron chi connectivity index (χ0n) is 18.9. The highest BCUT2D eigenvalue weighted by Gasteiger charge is 2.38. The van der Waals surface area contributed by atoms with Crippen molar-refractivity contribution < 1.29 is 29.3 Å². The van der Waals surface area contributed by atoms with Crippen molar-refractivity contribution in [2.45, 2.75) is 44.8 Å². The minimum Gasteiger partial charge on any atom is -0.485 e. The summed E-state index contributed by atoms with van der Waals surface area (Å²) in [6.07, 6.45) is 2.97. The summed E-state index contributed by atoms with van der Waals surface area (Å²) in [4.78, 5) is 39.0. The average Bonchev–Trinajstić information content (AvgIpc) is 3.06. The van der Waals surface area contributed by atoms with Gasteiger partial charge in [-0.25, -0.2) is 9.59 Å². The summed E-state index contributed by atoms with van der Waals surface area (Å²) >= 11 is 12.0. The van der Waals surface area contributed by atoms with Gasteiger partial charge < -0.3 is 25.3 Å². The maximum absolute atomic E-state index is 12.5. The molecule has 1 aliphatic heterocycles. The quantitative estimate of drug-likeness (QED) is 0.466. The van der Waals surface area contributed by atoms with Gasteiger partial charge in [0, 0.05) is 19.6 Å². The second-order valence-corrected chi connectivity index (χ2v) is 9.25. The fourth-order valence-electron chi connectivity index (χ4n) is 4.43. The molecular formula is C23H27Cl2N3O6. The van der Waals surface area contributed by atoms with Gasteiger partial charge in [0.15, 0.2) is 11.4 Å². The summed E-state index contributed by atoms with van der Waals surface area (Å²) in [5.41, 5.74) is 5.49. The highest BCUT2D eigenvalue weighted by Crippen LogP contribution is 2.37. The monoisotopic (exact) mass is 511 g/mol. The van der Waals surface area contributed by atoms with Crippen LogP contribution in [0.3, 0.4) is 0 Å². The molecule has 0 bridgehead atoms. The molecule has 34 heavy (non-hydrogen) atoms. The molecule has 11 heteroatoms. The van der Waals surface area contributed by atoms with Crippen molar-refractivity contribution in [2.24, 2.45) is 12.8 Å². The molecule has 2 aromatic rings. The maximum Gasteiger partial charge on any atom is 0.356 e. The Labute approximate surface area is 207 Å². The van der Waals surface area contributed by atoms with E-state index in [4.69, 9.17) is 33.7 Å². The molecule has 1 amide bonds. The van der Waals surface area contributed by atoms with Gasteiger partial charge in [0.1, 0.15) is 12.2 Å². The second-order valence-electron chi connectivity index (χ2n) is 8.44. The first-order valence-corrected chi connectivity index (χ1v) is 11.6. The number of nitrogens with zero attached hydrogens (tertiary/aromatic N) is 2. The number of amides is 1. The van der Waals surface area contributed by atoms with Crippen molar-refractivity contribution in [3.8, 4) is 5.75 Å². The number of carbonyl (C=O) groups excluding carboxylic acids is 1. The van der Waals surface area contributed by atoms with Gasteiger partial charge in [0.05, 0.1) is 21.7 Å². The number of piperidine rings is 1. The van der Waals surface area contributed by atoms with Gasteiger partial charge in [-0.05, 0) is 44.0 Å². The predicted molar refractivity (Wildman–Crippen MR) is 127 cm³/mol. The van der Waals surface area contributed by atoms with E-state index in [0.29, 0.717) is 10.6 Å². The van der Waals surface area contributed by atoms with E-state index >= 15 is 0 Å². The van der Waals surface area contributed by atoms with Crippen molar-refractivity contribution in [1.29, 1.82) is 0 Å². The van der Waals surface area contributed by atoms with Crippen LogP contribution in [0.25, 0.3) is 0 Å². The van der Waals surface area contributed by atoms with Crippen LogP contribution in [-0.2, 0) is 18.4 Å². The Morgan fingerprint density at radius 1 is 1.18 bits per heavy atom. The number of hydrogen-bond donors (Lipinski definition) is 3. The number of rotatable bonds is 9. The molecule has 2 unspecified atom stereocenters. The first-order chi connectivity index (χ1) is 16.0. The topological polar surface area (TPSA) is 135 Å². The van der Waals surface area contributed by atoms with Crippen LogP contribution in [0.5, 0.6) is 5.75 Å². The molecule has 0 aliphatic carbocycles. The van der Waals surface area contributed by atoms with E-state index in [1.807, 2.05) is 6.92 Å². The molecule has 1 aliphatic rings. The Kier molecular flexibility index (Phi) is 8.12. The fraction of sp³-hybridized carbons (Fsp3) is 0.435. The fourth-order valence-corrected chi connectivity index (χ4v) is 4.75. The third-order valence-corrected chi connectivity index (χ3v) is 6.95. The van der Waals surface area contributed by atoms with E-state index < -0.39 is 29.3 Å². The lowest BCUT2D eigenvalue weighted by Gasteiger charge is -2.35. The van der Waals surface area contributed by atoms with Crippen LogP contribution in [0.15, 0.2) is 18.2 Å². The van der Waals surface area contributed by atoms with Crippen molar-refractivity contribution in [3.63, 3.8) is 0 Å². The van der Waals surface area contributed by atoms with Gasteiger partial charge in [-0.2, -0.15) is 0 Å². The molecule has 1 saturated heterocycles. The molecule has 1 aromatic heterocycles. The minimum atomic E-state index is -1.42. The van der Waals surface area contributed by atoms with Gasteiger partial charge in [-0.1, -0.05) is 35.7 Å². The van der Waals surface area contributed by atoms with E-state index in [2.05, 4.69) is 4.90 Å². The molecule has 3 rings (SSSR count). The molecule has 2 heterocycles. The van der Waals surface area contributed by atoms with Crippen LogP contribution in [-0.4, -0.2) is 56.7 Å². The lowest BCUT2D eigenvalue weighted by molar-refractivity contribution is -0.120. The summed E-state index contributed by atoms with van der Waals surface area (Å²) in [6.45, 7) is 2.80. The molecule has 0 saturated carbocycles. The van der Waals surface area contributed by atoms with Gasteiger partial charge in [-0.15, -0.1) is 0 Å². The van der Waals surface area contributed by atoms with Crippen LogP contribution >= 0.6 is 23.2 Å². The van der Waals surface area contributed by atoms with Crippen molar-refractivity contribution in [3.05, 3.63) is 50.8 Å². The summed E-state index contributed by atoms with van der Waals surface area (Å²) < 4.78 is 6.90. The Morgan fingerprint density at radius 2 is 1.88 bits per heavy atom. The molecule has 9 nitrogen and oxygen atoms in total. The molecule has 184 valence electrons. The first-order valence-electron chi connectivity index (χ1n) is 10.8. The molecule has 2 atom stereocenters. The van der Waals surface area contributed by atoms with Crippen LogP contribution in [0, 0.1) is 0 Å². The number of likely N-dealkylation sites (tertiary alicyclic amines) is 1. The normalized spacial score (nSPS) is 17.4. The lowest BCUT2D eigenvalue weighted by atomic mass is 9.96. The van der Waals surface area contributed by atoms with E-state index in [9.17, 15) is 24.6 Å². The number of aromatic nitrogens is 1. The third kappa shape index (κ3) is 5.32. The summed E-state index contributed by atoms with van der Waals surface area (Å²) in [7, 11) is 1.40. The highest BCUT2D eigenvalue weighted by atomic mass is 35.5. The highest BCUT2D eigenvalue weighted by molar-refractivity contribution is 6.42. The maximum atomic E-state index is 12.5. The average molecular weight is 512 g/mol. The molecular weight excluding hydrogens is 485 g/mol. The Bertz CT molecular complexity index is 1120. The van der Waals surface area contributed by atoms with Crippen LogP contribution in [0.2, 0.25) is 10.0 Å². The van der Waals surface area contributed by atoms with E-state index in [1.165, 1.54) is 11.6 Å². The number of nitrogens with two attached hydrogens (primary N) is 1. The number of benzene rings is 1. The van der Waals surface area contributed by atoms with Gasteiger partial charge in [0.2, 0.25) is 5.91 Å². The number of halogens is 2. The van der Waals surface area contributed by atoms with Crippen LogP contribution < -0.4 is 10.5 Å². The molecule has 0 spiro atoms. The summed E-state index contributed by atoms with van der Waals surface area (Å²) in [5, 5.41) is 20.5. The van der Waals surface area contributed by atoms with E-state index in [0.717, 1.165) is 25.8 Å². The van der Waals surface area contributed by atoms with Crippen LogP contribution in [0.1, 0.15) is 64.2 Å². The number of carbonyl (C=O) groups is 3. The van der Waals surface area contributed by atoms with E-state index in [1.54, 1.807) is 18.2 Å². The minimum absolute atomic E-state index is 0.000637. The zero-order chi connectivity index (χ0) is 25.2. The number of ether oxygens (including phenoxy) is 1.